The molecule has 1 amide bonds. The molecular weight excluding hydrogens is 220 g/mol. The molecule has 17 heavy (non-hydrogen) atoms. The Balaban J connectivity index is 2.63. The molecule has 6 nitrogen and oxygen atoms in total. The third-order valence-electron chi connectivity index (χ3n) is 2.22. The van der Waals surface area contributed by atoms with Crippen LogP contribution in [0.3, 0.4) is 0 Å². The predicted octanol–water partition coefficient (Wildman–Crippen LogP) is 0.372. The summed E-state index contributed by atoms with van der Waals surface area (Å²) in [4.78, 5) is 26.5. The largest absolute Gasteiger partial charge is 0.364 e. The van der Waals surface area contributed by atoms with E-state index in [4.69, 9.17) is 0 Å². The van der Waals surface area contributed by atoms with Crippen LogP contribution in [-0.2, 0) is 4.79 Å². The fourth-order valence-electron chi connectivity index (χ4n) is 1.37. The first-order chi connectivity index (χ1) is 8.02. The van der Waals surface area contributed by atoms with Crippen molar-refractivity contribution in [3.05, 3.63) is 22.7 Å². The van der Waals surface area contributed by atoms with Gasteiger partial charge in [-0.25, -0.2) is 4.98 Å². The van der Waals surface area contributed by atoms with Crippen LogP contribution < -0.4 is 16.2 Å². The predicted molar refractivity (Wildman–Crippen MR) is 66.1 cm³/mol. The lowest BCUT2D eigenvalue weighted by Crippen LogP contribution is -2.30. The Labute approximate surface area is 100 Å². The van der Waals surface area contributed by atoms with Crippen molar-refractivity contribution in [2.24, 2.45) is 0 Å². The summed E-state index contributed by atoms with van der Waals surface area (Å²) in [6.07, 6.45) is 3.24. The summed E-state index contributed by atoms with van der Waals surface area (Å²) >= 11 is 0. The lowest BCUT2D eigenvalue weighted by molar-refractivity contribution is -0.118. The minimum Gasteiger partial charge on any atom is -0.364 e. The Morgan fingerprint density at radius 1 is 1.47 bits per heavy atom. The lowest BCUT2D eigenvalue weighted by atomic mass is 10.4. The summed E-state index contributed by atoms with van der Waals surface area (Å²) in [5.41, 5.74) is -0.148. The second-order valence-corrected chi connectivity index (χ2v) is 3.99. The fraction of sp³-hybridized carbons (Fsp3) is 0.545. The first-order valence-corrected chi connectivity index (χ1v) is 5.58. The third-order valence-corrected chi connectivity index (χ3v) is 2.22. The van der Waals surface area contributed by atoms with Crippen molar-refractivity contribution >= 4 is 11.7 Å². The van der Waals surface area contributed by atoms with Crippen molar-refractivity contribution < 1.29 is 4.79 Å². The molecule has 0 spiro atoms. The van der Waals surface area contributed by atoms with E-state index >= 15 is 0 Å². The molecule has 1 heterocycles. The first-order valence-electron chi connectivity index (χ1n) is 5.58. The van der Waals surface area contributed by atoms with Crippen molar-refractivity contribution in [3.63, 3.8) is 0 Å². The van der Waals surface area contributed by atoms with Crippen LogP contribution in [0.25, 0.3) is 0 Å². The smallest absolute Gasteiger partial charge is 0.293 e. The number of anilines is 1. The normalized spacial score (nSPS) is 10.4. The topological polar surface area (TPSA) is 76.0 Å². The highest BCUT2D eigenvalue weighted by Gasteiger charge is 2.06. The van der Waals surface area contributed by atoms with Crippen LogP contribution in [0.5, 0.6) is 0 Å². The summed E-state index contributed by atoms with van der Waals surface area (Å²) in [5, 5.41) is 5.54. The number of carbonyl (C=O) groups excluding carboxylic acids is 1. The van der Waals surface area contributed by atoms with E-state index in [-0.39, 0.29) is 17.5 Å². The van der Waals surface area contributed by atoms with E-state index in [0.717, 1.165) is 0 Å². The molecule has 94 valence electrons. The van der Waals surface area contributed by atoms with Crippen LogP contribution in [0, 0.1) is 0 Å². The summed E-state index contributed by atoms with van der Waals surface area (Å²) in [6, 6.07) is 0.0985. The van der Waals surface area contributed by atoms with Crippen LogP contribution >= 0.6 is 0 Å². The maximum absolute atomic E-state index is 11.9. The first kappa shape index (κ1) is 13.2. The van der Waals surface area contributed by atoms with Crippen molar-refractivity contribution in [3.8, 4) is 0 Å². The van der Waals surface area contributed by atoms with Gasteiger partial charge < -0.3 is 15.2 Å². The van der Waals surface area contributed by atoms with Gasteiger partial charge in [0.1, 0.15) is 0 Å². The minimum absolute atomic E-state index is 0.0904. The van der Waals surface area contributed by atoms with Gasteiger partial charge >= 0.3 is 0 Å². The molecule has 0 fully saturated rings. The third kappa shape index (κ3) is 3.90. The van der Waals surface area contributed by atoms with Crippen LogP contribution in [0.4, 0.5) is 5.82 Å². The van der Waals surface area contributed by atoms with E-state index in [1.807, 2.05) is 13.8 Å². The Morgan fingerprint density at radius 2 is 2.18 bits per heavy atom. The molecule has 2 N–H and O–H groups in total. The molecule has 0 saturated carbocycles. The van der Waals surface area contributed by atoms with Crippen molar-refractivity contribution in [2.75, 3.05) is 18.4 Å². The van der Waals surface area contributed by atoms with E-state index in [1.54, 1.807) is 17.0 Å². The summed E-state index contributed by atoms with van der Waals surface area (Å²) in [6.45, 7) is 6.26. The Bertz CT molecular complexity index is 439. The van der Waals surface area contributed by atoms with E-state index < -0.39 is 0 Å². The molecule has 1 rings (SSSR count). The number of nitrogens with zero attached hydrogens (tertiary/aromatic N) is 2. The van der Waals surface area contributed by atoms with E-state index in [0.29, 0.717) is 18.9 Å². The lowest BCUT2D eigenvalue weighted by Gasteiger charge is -2.11. The van der Waals surface area contributed by atoms with Gasteiger partial charge in [0, 0.05) is 38.4 Å². The number of carbonyl (C=O) groups is 1. The molecule has 0 unspecified atom stereocenters. The van der Waals surface area contributed by atoms with Crippen LogP contribution in [-0.4, -0.2) is 28.5 Å². The van der Waals surface area contributed by atoms with Gasteiger partial charge in [0.05, 0.1) is 0 Å². The highest BCUT2D eigenvalue weighted by molar-refractivity contribution is 5.72. The van der Waals surface area contributed by atoms with Gasteiger partial charge in [0.15, 0.2) is 5.82 Å². The summed E-state index contributed by atoms with van der Waals surface area (Å²) < 4.78 is 1.60. The molecule has 0 aliphatic heterocycles. The molecule has 0 atom stereocenters. The van der Waals surface area contributed by atoms with E-state index in [1.165, 1.54) is 6.92 Å². The second-order valence-electron chi connectivity index (χ2n) is 3.99. The summed E-state index contributed by atoms with van der Waals surface area (Å²) in [5.74, 6) is 0.221. The average molecular weight is 238 g/mol. The van der Waals surface area contributed by atoms with E-state index in [9.17, 15) is 9.59 Å². The zero-order valence-corrected chi connectivity index (χ0v) is 10.4. The van der Waals surface area contributed by atoms with E-state index in [2.05, 4.69) is 15.6 Å². The SMILES string of the molecule is CC(=O)NCCNc1nccn(C(C)C)c1=O. The second kappa shape index (κ2) is 6.03. The van der Waals surface area contributed by atoms with Gasteiger partial charge in [-0.1, -0.05) is 0 Å². The molecule has 0 radical (unpaired) electrons. The van der Waals surface area contributed by atoms with Crippen molar-refractivity contribution in [2.45, 2.75) is 26.8 Å². The minimum atomic E-state index is -0.148. The maximum atomic E-state index is 11.9. The van der Waals surface area contributed by atoms with Crippen molar-refractivity contribution in [1.82, 2.24) is 14.9 Å². The standard InChI is InChI=1S/C11H18N4O2/c1-8(2)15-7-6-14-10(11(15)17)13-5-4-12-9(3)16/h6-8H,4-5H2,1-3H3,(H,12,16)(H,13,14). The van der Waals surface area contributed by atoms with Gasteiger partial charge in [-0.2, -0.15) is 0 Å². The molecule has 6 heteroatoms. The number of amides is 1. The summed E-state index contributed by atoms with van der Waals surface area (Å²) in [7, 11) is 0. The Morgan fingerprint density at radius 3 is 2.76 bits per heavy atom. The zero-order valence-electron chi connectivity index (χ0n) is 10.4. The zero-order chi connectivity index (χ0) is 12.8. The molecule has 0 aromatic carbocycles. The molecule has 0 saturated heterocycles. The molecule has 0 aliphatic carbocycles. The highest BCUT2D eigenvalue weighted by atomic mass is 16.1. The molecule has 0 aliphatic rings. The number of hydrogen-bond acceptors (Lipinski definition) is 4. The van der Waals surface area contributed by atoms with Crippen molar-refractivity contribution in [1.29, 1.82) is 0 Å². The maximum Gasteiger partial charge on any atom is 0.293 e. The van der Waals surface area contributed by atoms with Gasteiger partial charge in [-0.15, -0.1) is 0 Å². The quantitative estimate of drug-likeness (QED) is 0.727. The number of nitrogens with one attached hydrogen (secondary N) is 2. The Hall–Kier alpha value is -1.85. The number of hydrogen-bond donors (Lipinski definition) is 2. The van der Waals surface area contributed by atoms with Crippen LogP contribution in [0.2, 0.25) is 0 Å². The fourth-order valence-corrected chi connectivity index (χ4v) is 1.37. The van der Waals surface area contributed by atoms with Gasteiger partial charge in [0.25, 0.3) is 5.56 Å². The average Bonchev–Trinajstić information content (AvgIpc) is 2.25. The van der Waals surface area contributed by atoms with Gasteiger partial charge in [-0.05, 0) is 13.8 Å². The van der Waals surface area contributed by atoms with Gasteiger partial charge in [-0.3, -0.25) is 9.59 Å². The van der Waals surface area contributed by atoms with Crippen LogP contribution in [0.1, 0.15) is 26.8 Å². The van der Waals surface area contributed by atoms with Gasteiger partial charge in [0.2, 0.25) is 5.91 Å². The van der Waals surface area contributed by atoms with Crippen LogP contribution in [0.15, 0.2) is 17.2 Å². The molecule has 0 bridgehead atoms. The molecular formula is C11H18N4O2. The highest BCUT2D eigenvalue weighted by Crippen LogP contribution is 2.00. The number of aromatic nitrogens is 2. The number of rotatable bonds is 5. The monoisotopic (exact) mass is 238 g/mol. The molecule has 1 aromatic rings. The molecule has 1 aromatic heterocycles. The Kier molecular flexibility index (Phi) is 4.68.